The molecule has 5 heteroatoms. The molecule has 0 saturated carbocycles. The number of esters is 1. The van der Waals surface area contributed by atoms with Gasteiger partial charge < -0.3 is 14.2 Å². The number of rotatable bonds is 6. The Hall–Kier alpha value is -1.62. The molecule has 0 aliphatic heterocycles. The van der Waals surface area contributed by atoms with Crippen molar-refractivity contribution in [3.05, 3.63) is 29.8 Å². The van der Waals surface area contributed by atoms with Crippen LogP contribution >= 0.6 is 11.8 Å². The highest BCUT2D eigenvalue weighted by molar-refractivity contribution is 7.98. The molecule has 0 bridgehead atoms. The van der Waals surface area contributed by atoms with Crippen molar-refractivity contribution < 1.29 is 19.0 Å². The summed E-state index contributed by atoms with van der Waals surface area (Å²) in [7, 11) is 3.14. The predicted molar refractivity (Wildman–Crippen MR) is 73.1 cm³/mol. The van der Waals surface area contributed by atoms with E-state index in [2.05, 4.69) is 0 Å². The highest BCUT2D eigenvalue weighted by Gasteiger charge is 2.03. The second kappa shape index (κ2) is 7.66. The number of hydrogen-bond acceptors (Lipinski definition) is 5. The van der Waals surface area contributed by atoms with E-state index >= 15 is 0 Å². The number of carbonyl (C=O) groups excluding carboxylic acids is 1. The second-order valence-electron chi connectivity index (χ2n) is 3.32. The zero-order valence-electron chi connectivity index (χ0n) is 10.6. The van der Waals surface area contributed by atoms with E-state index in [1.165, 1.54) is 17.8 Å². The first-order chi connectivity index (χ1) is 8.71. The smallest absolute Gasteiger partial charge is 0.331 e. The molecule has 98 valence electrons. The van der Waals surface area contributed by atoms with Crippen LogP contribution in [0.1, 0.15) is 5.56 Å². The molecule has 0 unspecified atom stereocenters. The van der Waals surface area contributed by atoms with Crippen molar-refractivity contribution in [1.82, 2.24) is 0 Å². The van der Waals surface area contributed by atoms with Gasteiger partial charge in [-0.25, -0.2) is 4.79 Å². The Kier molecular flexibility index (Phi) is 6.14. The van der Waals surface area contributed by atoms with Crippen LogP contribution in [0.25, 0.3) is 6.08 Å². The molecular formula is C13H16O4S. The molecule has 0 radical (unpaired) electrons. The summed E-state index contributed by atoms with van der Waals surface area (Å²) in [6, 6.07) is 5.41. The number of methoxy groups -OCH3 is 2. The molecule has 0 fully saturated rings. The summed E-state index contributed by atoms with van der Waals surface area (Å²) in [5.74, 6) is 1.27. The lowest BCUT2D eigenvalue weighted by atomic mass is 10.2. The van der Waals surface area contributed by atoms with E-state index < -0.39 is 0 Å². The van der Waals surface area contributed by atoms with Gasteiger partial charge in [0.2, 0.25) is 0 Å². The Morgan fingerprint density at radius 2 is 2.00 bits per heavy atom. The largest absolute Gasteiger partial charge is 0.493 e. The maximum absolute atomic E-state index is 11.3. The maximum atomic E-state index is 11.3. The summed E-state index contributed by atoms with van der Waals surface area (Å²) in [4.78, 5) is 11.3. The van der Waals surface area contributed by atoms with Gasteiger partial charge in [-0.15, -0.1) is 11.8 Å². The summed E-state index contributed by atoms with van der Waals surface area (Å²) in [6.07, 6.45) is 4.92. The minimum atomic E-state index is -0.362. The van der Waals surface area contributed by atoms with Crippen LogP contribution in [0.2, 0.25) is 0 Å². The third-order valence-electron chi connectivity index (χ3n) is 2.14. The summed E-state index contributed by atoms with van der Waals surface area (Å²) in [5.41, 5.74) is 0.841. The number of hydrogen-bond donors (Lipinski definition) is 0. The van der Waals surface area contributed by atoms with Gasteiger partial charge in [0.1, 0.15) is 5.94 Å². The molecule has 1 aromatic rings. The maximum Gasteiger partial charge on any atom is 0.331 e. The Morgan fingerprint density at radius 3 is 2.61 bits per heavy atom. The molecular weight excluding hydrogens is 252 g/mol. The van der Waals surface area contributed by atoms with Gasteiger partial charge in [-0.05, 0) is 30.0 Å². The van der Waals surface area contributed by atoms with Gasteiger partial charge >= 0.3 is 5.97 Å². The first kappa shape index (κ1) is 14.4. The third kappa shape index (κ3) is 4.33. The molecule has 0 aliphatic rings. The lowest BCUT2D eigenvalue weighted by Gasteiger charge is -2.07. The van der Waals surface area contributed by atoms with Crippen LogP contribution in [0.4, 0.5) is 0 Å². The van der Waals surface area contributed by atoms with Crippen molar-refractivity contribution >= 4 is 23.8 Å². The Labute approximate surface area is 111 Å². The minimum Gasteiger partial charge on any atom is -0.493 e. The predicted octanol–water partition coefficient (Wildman–Crippen LogP) is 2.58. The van der Waals surface area contributed by atoms with Crippen LogP contribution in [0.5, 0.6) is 11.5 Å². The Balaban J connectivity index is 2.73. The van der Waals surface area contributed by atoms with E-state index in [1.54, 1.807) is 32.4 Å². The quantitative estimate of drug-likeness (QED) is 0.451. The molecule has 1 aromatic carbocycles. The zero-order chi connectivity index (χ0) is 13.4. The number of carbonyl (C=O) groups is 1. The molecule has 0 N–H and O–H groups in total. The van der Waals surface area contributed by atoms with Crippen LogP contribution in [-0.2, 0) is 9.53 Å². The molecule has 4 nitrogen and oxygen atoms in total. The highest BCUT2D eigenvalue weighted by atomic mass is 32.2. The van der Waals surface area contributed by atoms with E-state index in [4.69, 9.17) is 14.2 Å². The fourth-order valence-corrected chi connectivity index (χ4v) is 1.52. The molecule has 0 saturated heterocycles. The second-order valence-corrected chi connectivity index (χ2v) is 4.13. The molecule has 18 heavy (non-hydrogen) atoms. The van der Waals surface area contributed by atoms with E-state index in [1.807, 2.05) is 12.3 Å². The van der Waals surface area contributed by atoms with Crippen LogP contribution < -0.4 is 9.47 Å². The van der Waals surface area contributed by atoms with Gasteiger partial charge in [0.15, 0.2) is 11.5 Å². The van der Waals surface area contributed by atoms with E-state index in [9.17, 15) is 4.79 Å². The van der Waals surface area contributed by atoms with Gasteiger partial charge in [0.25, 0.3) is 0 Å². The summed E-state index contributed by atoms with van der Waals surface area (Å²) in [5, 5.41) is 0. The van der Waals surface area contributed by atoms with Crippen molar-refractivity contribution in [1.29, 1.82) is 0 Å². The van der Waals surface area contributed by atoms with Crippen molar-refractivity contribution in [2.45, 2.75) is 0 Å². The number of benzene rings is 1. The number of thioether (sulfide) groups is 1. The summed E-state index contributed by atoms with van der Waals surface area (Å²) < 4.78 is 15.2. The normalized spacial score (nSPS) is 10.4. The number of ether oxygens (including phenoxy) is 3. The van der Waals surface area contributed by atoms with Crippen molar-refractivity contribution in [2.75, 3.05) is 26.4 Å². The Bertz CT molecular complexity index is 429. The van der Waals surface area contributed by atoms with Crippen LogP contribution in [0.15, 0.2) is 24.3 Å². The first-order valence-corrected chi connectivity index (χ1v) is 6.66. The van der Waals surface area contributed by atoms with Crippen molar-refractivity contribution in [3.8, 4) is 11.5 Å². The molecule has 0 heterocycles. The van der Waals surface area contributed by atoms with Crippen molar-refractivity contribution in [3.63, 3.8) is 0 Å². The lowest BCUT2D eigenvalue weighted by Crippen LogP contribution is -1.98. The Morgan fingerprint density at radius 1 is 1.28 bits per heavy atom. The highest BCUT2D eigenvalue weighted by Crippen LogP contribution is 2.27. The van der Waals surface area contributed by atoms with Crippen molar-refractivity contribution in [2.24, 2.45) is 0 Å². The van der Waals surface area contributed by atoms with Gasteiger partial charge in [0.05, 0.1) is 14.2 Å². The topological polar surface area (TPSA) is 44.8 Å². The fraction of sp³-hybridized carbons (Fsp3) is 0.308. The van der Waals surface area contributed by atoms with E-state index in [-0.39, 0.29) is 5.97 Å². The molecule has 0 spiro atoms. The van der Waals surface area contributed by atoms with Gasteiger partial charge in [-0.1, -0.05) is 6.07 Å². The molecule has 1 rings (SSSR count). The standard InChI is InChI=1S/C13H16O4S/c1-15-11-6-4-10(8-12(11)16-2)5-7-13(14)17-9-18-3/h4-8H,9H2,1-3H3/b7-5+. The van der Waals surface area contributed by atoms with Crippen LogP contribution in [0.3, 0.4) is 0 Å². The summed E-state index contributed by atoms with van der Waals surface area (Å²) >= 11 is 1.45. The third-order valence-corrected chi connectivity index (χ3v) is 2.49. The fourth-order valence-electron chi connectivity index (χ4n) is 1.29. The van der Waals surface area contributed by atoms with E-state index in [0.29, 0.717) is 17.4 Å². The molecule has 0 aliphatic carbocycles. The van der Waals surface area contributed by atoms with Gasteiger partial charge in [-0.3, -0.25) is 0 Å². The van der Waals surface area contributed by atoms with Gasteiger partial charge in [-0.2, -0.15) is 0 Å². The molecule has 0 atom stereocenters. The first-order valence-electron chi connectivity index (χ1n) is 5.27. The molecule has 0 aromatic heterocycles. The zero-order valence-corrected chi connectivity index (χ0v) is 11.5. The minimum absolute atomic E-state index is 0.356. The lowest BCUT2D eigenvalue weighted by molar-refractivity contribution is -0.135. The molecule has 0 amide bonds. The van der Waals surface area contributed by atoms with E-state index in [0.717, 1.165) is 5.56 Å². The SMILES string of the molecule is COc1ccc(/C=C/C(=O)OCSC)cc1OC. The van der Waals surface area contributed by atoms with Gasteiger partial charge in [0, 0.05) is 6.08 Å². The van der Waals surface area contributed by atoms with Crippen LogP contribution in [0, 0.1) is 0 Å². The summed E-state index contributed by atoms with van der Waals surface area (Å²) in [6.45, 7) is 0. The monoisotopic (exact) mass is 268 g/mol. The average molecular weight is 268 g/mol. The van der Waals surface area contributed by atoms with Crippen LogP contribution in [-0.4, -0.2) is 32.4 Å². The average Bonchev–Trinajstić information content (AvgIpc) is 2.42.